The number of carbonyl (C=O) groups is 2. The Morgan fingerprint density at radius 1 is 0.500 bits per heavy atom. The summed E-state index contributed by atoms with van der Waals surface area (Å²) in [5, 5.41) is 0. The van der Waals surface area contributed by atoms with Crippen LogP contribution in [0.2, 0.25) is 0 Å². The van der Waals surface area contributed by atoms with Gasteiger partial charge in [0.15, 0.2) is 6.10 Å². The van der Waals surface area contributed by atoms with Crippen molar-refractivity contribution in [3.63, 3.8) is 0 Å². The van der Waals surface area contributed by atoms with Crippen LogP contribution in [0.1, 0.15) is 239 Å². The third-order valence-electron chi connectivity index (χ3n) is 10.6. The molecule has 2 unspecified atom stereocenters. The summed E-state index contributed by atoms with van der Waals surface area (Å²) in [5.74, 6) is -0.827. The van der Waals surface area contributed by atoms with Crippen LogP contribution in [0.5, 0.6) is 0 Å². The molecule has 0 amide bonds. The number of rotatable bonds is 46. The number of nitrogens with two attached hydrogens (primary N) is 1. The van der Waals surface area contributed by atoms with Gasteiger partial charge in [0, 0.05) is 19.4 Å². The lowest BCUT2D eigenvalue weighted by Gasteiger charge is -2.19. The molecule has 342 valence electrons. The van der Waals surface area contributed by atoms with E-state index in [-0.39, 0.29) is 38.6 Å². The van der Waals surface area contributed by atoms with Crippen LogP contribution < -0.4 is 5.73 Å². The van der Waals surface area contributed by atoms with Gasteiger partial charge in [-0.1, -0.05) is 186 Å². The van der Waals surface area contributed by atoms with Gasteiger partial charge in [0.2, 0.25) is 0 Å². The summed E-state index contributed by atoms with van der Waals surface area (Å²) in [7, 11) is -4.38. The first-order valence-electron chi connectivity index (χ1n) is 24.3. The van der Waals surface area contributed by atoms with Gasteiger partial charge in [-0.25, -0.2) is 4.57 Å². The quantitative estimate of drug-likeness (QED) is 0.0266. The first-order chi connectivity index (χ1) is 28.3. The normalized spacial score (nSPS) is 13.4. The van der Waals surface area contributed by atoms with Gasteiger partial charge in [0.1, 0.15) is 6.61 Å². The van der Waals surface area contributed by atoms with Gasteiger partial charge in [-0.15, -0.1) is 0 Å². The Morgan fingerprint density at radius 3 is 1.22 bits per heavy atom. The number of allylic oxidation sites excluding steroid dienone is 4. The molecule has 0 aliphatic rings. The van der Waals surface area contributed by atoms with E-state index in [1.54, 1.807) is 0 Å². The van der Waals surface area contributed by atoms with E-state index in [0.717, 1.165) is 44.9 Å². The maximum atomic E-state index is 12.6. The van der Waals surface area contributed by atoms with Gasteiger partial charge in [0.05, 0.1) is 13.2 Å². The molecule has 0 aromatic rings. The number of esters is 2. The van der Waals surface area contributed by atoms with Crippen LogP contribution >= 0.6 is 7.82 Å². The molecule has 58 heavy (non-hydrogen) atoms. The zero-order valence-electron chi connectivity index (χ0n) is 37.8. The SMILES string of the molecule is CCCCCCCC/C=C\CCCCCCCCCCCC(=O)OC(COC(=O)CCCCCCCCC/C=C\CCCCCCCCC)COP(=O)(O)OCCN. The van der Waals surface area contributed by atoms with E-state index in [2.05, 4.69) is 38.2 Å². The molecule has 0 bridgehead atoms. The standard InChI is InChI=1S/C48H92NO8P/c1-3-5-7-9-11-13-15-17-19-21-23-25-27-29-31-33-35-37-39-41-48(51)57-46(45-56-58(52,53)55-43-42-49)44-54-47(50)40-38-36-34-32-30-28-26-24-22-20-18-16-14-12-10-8-6-4-2/h17,19-20,22,46H,3-16,18,21,23-45,49H2,1-2H3,(H,52,53)/b19-17-,22-20-. The van der Waals surface area contributed by atoms with Gasteiger partial charge >= 0.3 is 19.8 Å². The van der Waals surface area contributed by atoms with Gasteiger partial charge in [0.25, 0.3) is 0 Å². The average Bonchev–Trinajstić information content (AvgIpc) is 3.21. The Morgan fingerprint density at radius 2 is 0.845 bits per heavy atom. The van der Waals surface area contributed by atoms with Crippen molar-refractivity contribution in [3.05, 3.63) is 24.3 Å². The van der Waals surface area contributed by atoms with Crippen LogP contribution in [0.25, 0.3) is 0 Å². The van der Waals surface area contributed by atoms with Crippen molar-refractivity contribution in [3.8, 4) is 0 Å². The fourth-order valence-electron chi connectivity index (χ4n) is 6.92. The zero-order chi connectivity index (χ0) is 42.5. The molecular formula is C48H92NO8P. The third-order valence-corrected chi connectivity index (χ3v) is 11.5. The van der Waals surface area contributed by atoms with Crippen molar-refractivity contribution < 1.29 is 37.6 Å². The molecule has 0 fully saturated rings. The molecule has 3 N–H and O–H groups in total. The highest BCUT2D eigenvalue weighted by molar-refractivity contribution is 7.47. The van der Waals surface area contributed by atoms with Crippen LogP contribution in [0, 0.1) is 0 Å². The minimum Gasteiger partial charge on any atom is -0.462 e. The van der Waals surface area contributed by atoms with E-state index < -0.39 is 26.5 Å². The number of phosphoric ester groups is 1. The zero-order valence-corrected chi connectivity index (χ0v) is 38.7. The highest BCUT2D eigenvalue weighted by Crippen LogP contribution is 2.43. The summed E-state index contributed by atoms with van der Waals surface area (Å²) in [6.45, 7) is 3.75. The van der Waals surface area contributed by atoms with Crippen molar-refractivity contribution in [2.24, 2.45) is 5.73 Å². The molecule has 0 heterocycles. The highest BCUT2D eigenvalue weighted by atomic mass is 31.2. The minimum atomic E-state index is -4.38. The van der Waals surface area contributed by atoms with Gasteiger partial charge in [-0.05, 0) is 64.2 Å². The molecule has 0 aliphatic heterocycles. The Hall–Kier alpha value is -1.51. The fraction of sp³-hybridized carbons (Fsp3) is 0.875. The second-order valence-corrected chi connectivity index (χ2v) is 17.8. The molecule has 0 aromatic heterocycles. The van der Waals surface area contributed by atoms with Crippen molar-refractivity contribution in [1.29, 1.82) is 0 Å². The fourth-order valence-corrected chi connectivity index (χ4v) is 7.68. The van der Waals surface area contributed by atoms with E-state index in [4.69, 9.17) is 24.3 Å². The molecule has 9 nitrogen and oxygen atoms in total. The Bertz CT molecular complexity index is 1010. The molecule has 2 atom stereocenters. The van der Waals surface area contributed by atoms with Crippen LogP contribution in [-0.2, 0) is 32.7 Å². The second kappa shape index (κ2) is 45.0. The second-order valence-electron chi connectivity index (χ2n) is 16.3. The van der Waals surface area contributed by atoms with E-state index in [9.17, 15) is 19.0 Å². The lowest BCUT2D eigenvalue weighted by atomic mass is 10.1. The Kier molecular flexibility index (Phi) is 43.9. The highest BCUT2D eigenvalue weighted by Gasteiger charge is 2.26. The summed E-state index contributed by atoms with van der Waals surface area (Å²) < 4.78 is 32.9. The molecule has 0 radical (unpaired) electrons. The van der Waals surface area contributed by atoms with E-state index in [0.29, 0.717) is 6.42 Å². The topological polar surface area (TPSA) is 134 Å². The predicted octanol–water partition coefficient (Wildman–Crippen LogP) is 14.3. The van der Waals surface area contributed by atoms with Crippen molar-refractivity contribution in [2.45, 2.75) is 245 Å². The number of phosphoric acid groups is 1. The molecule has 10 heteroatoms. The summed E-state index contributed by atoms with van der Waals surface area (Å²) in [6.07, 6.45) is 49.2. The van der Waals surface area contributed by atoms with Crippen molar-refractivity contribution in [1.82, 2.24) is 0 Å². The van der Waals surface area contributed by atoms with Crippen LogP contribution in [0.3, 0.4) is 0 Å². The van der Waals surface area contributed by atoms with Crippen molar-refractivity contribution in [2.75, 3.05) is 26.4 Å². The number of unbranched alkanes of at least 4 members (excludes halogenated alkanes) is 29. The van der Waals surface area contributed by atoms with E-state index in [1.807, 2.05) is 0 Å². The maximum Gasteiger partial charge on any atom is 0.472 e. The molecule has 0 spiro atoms. The molecule has 0 rings (SSSR count). The smallest absolute Gasteiger partial charge is 0.462 e. The third kappa shape index (κ3) is 44.1. The predicted molar refractivity (Wildman–Crippen MR) is 243 cm³/mol. The Labute approximate surface area is 357 Å². The number of hydrogen-bond donors (Lipinski definition) is 2. The van der Waals surface area contributed by atoms with Crippen LogP contribution in [0.15, 0.2) is 24.3 Å². The lowest BCUT2D eigenvalue weighted by Crippen LogP contribution is -2.29. The minimum absolute atomic E-state index is 0.0538. The van der Waals surface area contributed by atoms with Gasteiger partial charge in [-0.2, -0.15) is 0 Å². The van der Waals surface area contributed by atoms with E-state index in [1.165, 1.54) is 161 Å². The summed E-state index contributed by atoms with van der Waals surface area (Å²) in [5.41, 5.74) is 5.36. The first-order valence-corrected chi connectivity index (χ1v) is 25.8. The van der Waals surface area contributed by atoms with Crippen molar-refractivity contribution >= 4 is 19.8 Å². The first kappa shape index (κ1) is 56.5. The molecular weight excluding hydrogens is 750 g/mol. The van der Waals surface area contributed by atoms with Gasteiger partial charge in [-0.3, -0.25) is 18.6 Å². The monoisotopic (exact) mass is 842 g/mol. The van der Waals surface area contributed by atoms with Crippen LogP contribution in [0.4, 0.5) is 0 Å². The molecule has 0 saturated carbocycles. The Balaban J connectivity index is 4.07. The summed E-state index contributed by atoms with van der Waals surface area (Å²) in [6, 6.07) is 0. The molecule has 0 saturated heterocycles. The van der Waals surface area contributed by atoms with E-state index >= 15 is 0 Å². The molecule has 0 aromatic carbocycles. The number of ether oxygens (including phenoxy) is 2. The lowest BCUT2D eigenvalue weighted by molar-refractivity contribution is -0.161. The average molecular weight is 842 g/mol. The summed E-state index contributed by atoms with van der Waals surface area (Å²) >= 11 is 0. The largest absolute Gasteiger partial charge is 0.472 e. The molecule has 0 aliphatic carbocycles. The summed E-state index contributed by atoms with van der Waals surface area (Å²) in [4.78, 5) is 35.0. The number of hydrogen-bond acceptors (Lipinski definition) is 8. The maximum absolute atomic E-state index is 12.6. The van der Waals surface area contributed by atoms with Crippen LogP contribution in [-0.4, -0.2) is 49.3 Å². The number of carbonyl (C=O) groups excluding carboxylic acids is 2. The van der Waals surface area contributed by atoms with Gasteiger partial charge < -0.3 is 20.1 Å².